The number of halogens is 6. The Bertz CT molecular complexity index is 688. The highest BCUT2D eigenvalue weighted by Crippen LogP contribution is 2.49. The Hall–Kier alpha value is -1.93. The van der Waals surface area contributed by atoms with E-state index in [9.17, 15) is 31.1 Å². The Morgan fingerprint density at radius 1 is 0.964 bits per heavy atom. The third kappa shape index (κ3) is 5.11. The number of carbonyl (C=O) groups excluding carboxylic acids is 1. The minimum atomic E-state index is -5.38. The minimum Gasteiger partial charge on any atom is -0.496 e. The van der Waals surface area contributed by atoms with Crippen molar-refractivity contribution in [2.24, 2.45) is 11.8 Å². The van der Waals surface area contributed by atoms with Gasteiger partial charge in [0.1, 0.15) is 22.6 Å². The monoisotopic (exact) mass is 412 g/mol. The molecule has 0 N–H and O–H groups in total. The smallest absolute Gasteiger partial charge is 0.420 e. The molecule has 0 unspecified atom stereocenters. The molecule has 0 bridgehead atoms. The van der Waals surface area contributed by atoms with E-state index in [0.29, 0.717) is 24.8 Å². The first-order valence-corrected chi connectivity index (χ1v) is 9.06. The van der Waals surface area contributed by atoms with Gasteiger partial charge in [-0.25, -0.2) is 0 Å². The fraction of sp³-hybridized carbons (Fsp3) is 0.632. The second-order valence-electron chi connectivity index (χ2n) is 6.94. The predicted octanol–water partition coefficient (Wildman–Crippen LogP) is 6.24. The molecule has 1 aliphatic rings. The average Bonchev–Trinajstić information content (AvgIpc) is 2.60. The zero-order valence-electron chi connectivity index (χ0n) is 15.5. The highest BCUT2D eigenvalue weighted by molar-refractivity contribution is 5.76. The minimum absolute atomic E-state index is 0.452. The molecule has 9 heteroatoms. The maximum absolute atomic E-state index is 13.4. The van der Waals surface area contributed by atoms with Crippen LogP contribution in [-0.4, -0.2) is 13.1 Å². The Kier molecular flexibility index (Phi) is 6.88. The lowest BCUT2D eigenvalue weighted by molar-refractivity contribution is -0.164. The number of hydrogen-bond acceptors (Lipinski definition) is 3. The van der Waals surface area contributed by atoms with Crippen LogP contribution in [0.1, 0.15) is 56.6 Å². The molecule has 1 aromatic rings. The first-order chi connectivity index (χ1) is 13.0. The first kappa shape index (κ1) is 22.4. The maximum Gasteiger partial charge on any atom is 0.420 e. The number of methoxy groups -OCH3 is 1. The van der Waals surface area contributed by atoms with Crippen molar-refractivity contribution in [3.8, 4) is 11.5 Å². The van der Waals surface area contributed by atoms with Crippen molar-refractivity contribution in [3.05, 3.63) is 23.3 Å². The summed E-state index contributed by atoms with van der Waals surface area (Å²) in [7, 11) is 0.838. The van der Waals surface area contributed by atoms with Gasteiger partial charge in [0.2, 0.25) is 0 Å². The molecule has 1 saturated carbocycles. The molecule has 3 nitrogen and oxygen atoms in total. The van der Waals surface area contributed by atoms with Gasteiger partial charge in [0.15, 0.2) is 0 Å². The van der Waals surface area contributed by atoms with Gasteiger partial charge in [-0.05, 0) is 43.7 Å². The Morgan fingerprint density at radius 2 is 1.46 bits per heavy atom. The van der Waals surface area contributed by atoms with Gasteiger partial charge >= 0.3 is 18.3 Å². The Morgan fingerprint density at radius 3 is 1.93 bits per heavy atom. The van der Waals surface area contributed by atoms with Crippen LogP contribution in [0.25, 0.3) is 0 Å². The number of benzene rings is 1. The van der Waals surface area contributed by atoms with Gasteiger partial charge in [0.05, 0.1) is 13.0 Å². The van der Waals surface area contributed by atoms with Crippen molar-refractivity contribution in [1.82, 2.24) is 0 Å². The van der Waals surface area contributed by atoms with Crippen molar-refractivity contribution in [3.63, 3.8) is 0 Å². The van der Waals surface area contributed by atoms with Crippen LogP contribution in [0.5, 0.6) is 11.5 Å². The average molecular weight is 412 g/mol. The van der Waals surface area contributed by atoms with Gasteiger partial charge in [0, 0.05) is 0 Å². The highest BCUT2D eigenvalue weighted by Gasteiger charge is 2.48. The molecule has 0 saturated heterocycles. The SMILES string of the molecule is CCCC1CCC(C(=O)Oc2ccc(OC)c(C(F)(F)F)c2C(F)(F)F)CC1. The van der Waals surface area contributed by atoms with E-state index in [4.69, 9.17) is 4.74 Å². The summed E-state index contributed by atoms with van der Waals surface area (Å²) in [6.45, 7) is 2.04. The quantitative estimate of drug-likeness (QED) is 0.326. The Balaban J connectivity index is 2.32. The molecule has 0 spiro atoms. The van der Waals surface area contributed by atoms with Crippen LogP contribution in [0.2, 0.25) is 0 Å². The molecule has 1 aromatic carbocycles. The molecule has 158 valence electrons. The molecule has 0 atom stereocenters. The fourth-order valence-corrected chi connectivity index (χ4v) is 3.67. The van der Waals surface area contributed by atoms with Gasteiger partial charge in [-0.2, -0.15) is 26.3 Å². The summed E-state index contributed by atoms with van der Waals surface area (Å²) >= 11 is 0. The second kappa shape index (κ2) is 8.61. The summed E-state index contributed by atoms with van der Waals surface area (Å²) in [5, 5.41) is 0. The molecule has 1 aliphatic carbocycles. The lowest BCUT2D eigenvalue weighted by Gasteiger charge is -2.27. The largest absolute Gasteiger partial charge is 0.496 e. The lowest BCUT2D eigenvalue weighted by atomic mass is 9.80. The van der Waals surface area contributed by atoms with Gasteiger partial charge < -0.3 is 9.47 Å². The summed E-state index contributed by atoms with van der Waals surface area (Å²) < 4.78 is 89.5. The third-order valence-electron chi connectivity index (χ3n) is 5.00. The van der Waals surface area contributed by atoms with Crippen molar-refractivity contribution < 1.29 is 40.6 Å². The molecular weight excluding hydrogens is 390 g/mol. The summed E-state index contributed by atoms with van der Waals surface area (Å²) in [6.07, 6.45) is -6.31. The normalized spacial score (nSPS) is 20.7. The van der Waals surface area contributed by atoms with Crippen LogP contribution in [0.15, 0.2) is 12.1 Å². The van der Waals surface area contributed by atoms with Gasteiger partial charge in [-0.1, -0.05) is 19.8 Å². The molecule has 28 heavy (non-hydrogen) atoms. The van der Waals surface area contributed by atoms with Crippen molar-refractivity contribution in [2.75, 3.05) is 7.11 Å². The molecule has 0 aromatic heterocycles. The van der Waals surface area contributed by atoms with E-state index in [2.05, 4.69) is 4.74 Å². The van der Waals surface area contributed by atoms with E-state index in [-0.39, 0.29) is 0 Å². The van der Waals surface area contributed by atoms with E-state index in [1.807, 2.05) is 6.92 Å². The van der Waals surface area contributed by atoms with Gasteiger partial charge in [-0.15, -0.1) is 0 Å². The predicted molar refractivity (Wildman–Crippen MR) is 89.0 cm³/mol. The number of alkyl halides is 6. The number of esters is 1. The highest BCUT2D eigenvalue weighted by atomic mass is 19.4. The van der Waals surface area contributed by atoms with Crippen molar-refractivity contribution in [1.29, 1.82) is 0 Å². The van der Waals surface area contributed by atoms with Crippen molar-refractivity contribution >= 4 is 5.97 Å². The van der Waals surface area contributed by atoms with Gasteiger partial charge in [0.25, 0.3) is 0 Å². The van der Waals surface area contributed by atoms with Gasteiger partial charge in [-0.3, -0.25) is 4.79 Å². The number of ether oxygens (including phenoxy) is 2. The molecule has 1 fully saturated rings. The van der Waals surface area contributed by atoms with E-state index in [1.54, 1.807) is 0 Å². The second-order valence-corrected chi connectivity index (χ2v) is 6.94. The lowest BCUT2D eigenvalue weighted by Crippen LogP contribution is -2.27. The Labute approximate surface area is 159 Å². The zero-order valence-corrected chi connectivity index (χ0v) is 15.5. The number of rotatable bonds is 5. The van der Waals surface area contributed by atoms with Crippen molar-refractivity contribution in [2.45, 2.75) is 57.8 Å². The van der Waals surface area contributed by atoms with E-state index in [0.717, 1.165) is 38.9 Å². The van der Waals surface area contributed by atoms with Crippen LogP contribution >= 0.6 is 0 Å². The van der Waals surface area contributed by atoms with E-state index in [1.165, 1.54) is 0 Å². The summed E-state index contributed by atoms with van der Waals surface area (Å²) in [5.74, 6) is -3.23. The maximum atomic E-state index is 13.4. The molecular formula is C19H22F6O3. The summed E-state index contributed by atoms with van der Waals surface area (Å²) in [4.78, 5) is 12.3. The standard InChI is InChI=1S/C19H22F6O3/c1-3-4-11-5-7-12(8-6-11)17(26)28-14-10-9-13(27-2)15(18(20,21)22)16(14)19(23,24)25/h9-12H,3-8H2,1-2H3. The molecule has 0 aliphatic heterocycles. The zero-order chi connectivity index (χ0) is 21.1. The molecule has 0 amide bonds. The fourth-order valence-electron chi connectivity index (χ4n) is 3.67. The first-order valence-electron chi connectivity index (χ1n) is 9.06. The van der Waals surface area contributed by atoms with Crippen LogP contribution in [0.3, 0.4) is 0 Å². The van der Waals surface area contributed by atoms with E-state index >= 15 is 0 Å². The number of hydrogen-bond donors (Lipinski definition) is 0. The molecule has 2 rings (SSSR count). The number of carbonyl (C=O) groups is 1. The summed E-state index contributed by atoms with van der Waals surface area (Å²) in [5.41, 5.74) is -4.05. The third-order valence-corrected chi connectivity index (χ3v) is 5.00. The van der Waals surface area contributed by atoms with Crippen LogP contribution in [-0.2, 0) is 17.1 Å². The summed E-state index contributed by atoms with van der Waals surface area (Å²) in [6, 6.07) is 1.41. The van der Waals surface area contributed by atoms with Crippen LogP contribution in [0.4, 0.5) is 26.3 Å². The topological polar surface area (TPSA) is 35.5 Å². The van der Waals surface area contributed by atoms with Crippen LogP contribution in [0, 0.1) is 11.8 Å². The molecule has 0 radical (unpaired) electrons. The van der Waals surface area contributed by atoms with E-state index < -0.39 is 46.9 Å². The van der Waals surface area contributed by atoms with Crippen LogP contribution < -0.4 is 9.47 Å². The molecule has 0 heterocycles.